The third-order valence-corrected chi connectivity index (χ3v) is 4.13. The summed E-state index contributed by atoms with van der Waals surface area (Å²) in [6, 6.07) is 22.8. The van der Waals surface area contributed by atoms with Gasteiger partial charge in [0.1, 0.15) is 0 Å². The van der Waals surface area contributed by atoms with Crippen molar-refractivity contribution in [2.24, 2.45) is 0 Å². The minimum atomic E-state index is 0.759. The Bertz CT molecular complexity index is 978. The molecule has 4 aromatic rings. The topological polar surface area (TPSA) is 15.8 Å². The summed E-state index contributed by atoms with van der Waals surface area (Å²) in [7, 11) is 0. The fourth-order valence-corrected chi connectivity index (χ4v) is 2.88. The quantitative estimate of drug-likeness (QED) is 0.457. The smallest absolute Gasteiger partial charge is 0.0465 e. The van der Waals surface area contributed by atoms with Gasteiger partial charge in [-0.1, -0.05) is 60.1 Å². The molecule has 0 unspecified atom stereocenters. The summed E-state index contributed by atoms with van der Waals surface area (Å²) in [5.74, 6) is 0. The third-order valence-electron chi connectivity index (χ3n) is 3.87. The second kappa shape index (κ2) is 5.36. The van der Waals surface area contributed by atoms with Crippen molar-refractivity contribution in [1.82, 2.24) is 4.98 Å². The Morgan fingerprint density at radius 2 is 1.59 bits per heavy atom. The van der Waals surface area contributed by atoms with Crippen LogP contribution in [0.1, 0.15) is 11.3 Å². The number of benzene rings is 3. The zero-order valence-corrected chi connectivity index (χ0v) is 12.6. The van der Waals surface area contributed by atoms with E-state index in [1.54, 1.807) is 0 Å². The molecule has 0 radical (unpaired) electrons. The second-order valence-electron chi connectivity index (χ2n) is 5.36. The minimum Gasteiger partial charge on any atom is -0.355 e. The van der Waals surface area contributed by atoms with Gasteiger partial charge in [-0.15, -0.1) is 0 Å². The van der Waals surface area contributed by atoms with Crippen LogP contribution in [0, 0.1) is 0 Å². The predicted octanol–water partition coefficient (Wildman–Crippen LogP) is 6.14. The van der Waals surface area contributed by atoms with Crippen molar-refractivity contribution in [2.75, 3.05) is 0 Å². The van der Waals surface area contributed by atoms with Crippen molar-refractivity contribution in [3.8, 4) is 0 Å². The van der Waals surface area contributed by atoms with Crippen LogP contribution in [0.5, 0.6) is 0 Å². The van der Waals surface area contributed by atoms with E-state index >= 15 is 0 Å². The first-order valence-electron chi connectivity index (χ1n) is 7.24. The molecule has 0 spiro atoms. The lowest BCUT2D eigenvalue weighted by Gasteiger charge is -1.97. The number of rotatable bonds is 2. The molecule has 4 rings (SSSR count). The molecule has 1 heterocycles. The largest absolute Gasteiger partial charge is 0.355 e. The molecule has 2 heteroatoms. The molecule has 0 aliphatic heterocycles. The maximum absolute atomic E-state index is 5.91. The molecule has 106 valence electrons. The summed E-state index contributed by atoms with van der Waals surface area (Å²) in [5.41, 5.74) is 3.39. The van der Waals surface area contributed by atoms with Crippen LogP contribution in [0.15, 0.2) is 66.7 Å². The molecule has 0 bridgehead atoms. The molecule has 1 aromatic heterocycles. The second-order valence-corrected chi connectivity index (χ2v) is 5.79. The summed E-state index contributed by atoms with van der Waals surface area (Å²) < 4.78 is 0. The van der Waals surface area contributed by atoms with Crippen LogP contribution in [0.2, 0.25) is 5.02 Å². The SMILES string of the molecule is Clc1ccc(C=Cc2cc3c(ccc4ccccc43)[nH]2)cc1. The van der Waals surface area contributed by atoms with Gasteiger partial charge < -0.3 is 4.98 Å². The summed E-state index contributed by atoms with van der Waals surface area (Å²) in [6.45, 7) is 0. The summed E-state index contributed by atoms with van der Waals surface area (Å²) in [5, 5.41) is 4.56. The standard InChI is InChI=1S/C20H14ClN/c21-16-9-5-14(6-10-16)7-11-17-13-19-18-4-2-1-3-15(18)8-12-20(19)22-17/h1-13,22H. The van der Waals surface area contributed by atoms with E-state index in [9.17, 15) is 0 Å². The van der Waals surface area contributed by atoms with E-state index in [1.807, 2.05) is 24.3 Å². The van der Waals surface area contributed by atoms with Gasteiger partial charge in [-0.3, -0.25) is 0 Å². The zero-order valence-electron chi connectivity index (χ0n) is 11.9. The van der Waals surface area contributed by atoms with E-state index in [0.717, 1.165) is 21.8 Å². The summed E-state index contributed by atoms with van der Waals surface area (Å²) >= 11 is 5.91. The number of aromatic nitrogens is 1. The summed E-state index contributed by atoms with van der Waals surface area (Å²) in [6.07, 6.45) is 4.18. The van der Waals surface area contributed by atoms with Crippen molar-refractivity contribution in [1.29, 1.82) is 0 Å². The van der Waals surface area contributed by atoms with Gasteiger partial charge in [0.05, 0.1) is 0 Å². The number of nitrogens with one attached hydrogen (secondary N) is 1. The highest BCUT2D eigenvalue weighted by molar-refractivity contribution is 6.30. The van der Waals surface area contributed by atoms with Gasteiger partial charge in [0.25, 0.3) is 0 Å². The molecule has 0 saturated carbocycles. The molecule has 0 aliphatic carbocycles. The highest BCUT2D eigenvalue weighted by atomic mass is 35.5. The first-order valence-corrected chi connectivity index (χ1v) is 7.61. The molecule has 0 atom stereocenters. The highest BCUT2D eigenvalue weighted by Gasteiger charge is 2.02. The maximum atomic E-state index is 5.91. The van der Waals surface area contributed by atoms with Gasteiger partial charge in [0.15, 0.2) is 0 Å². The maximum Gasteiger partial charge on any atom is 0.0465 e. The van der Waals surface area contributed by atoms with Crippen LogP contribution in [-0.4, -0.2) is 4.98 Å². The van der Waals surface area contributed by atoms with Gasteiger partial charge in [-0.25, -0.2) is 0 Å². The normalized spacial score (nSPS) is 11.7. The lowest BCUT2D eigenvalue weighted by Crippen LogP contribution is -1.73. The average Bonchev–Trinajstić information content (AvgIpc) is 2.98. The number of hydrogen-bond acceptors (Lipinski definition) is 0. The van der Waals surface area contributed by atoms with E-state index < -0.39 is 0 Å². The lowest BCUT2D eigenvalue weighted by atomic mass is 10.1. The molecule has 0 fully saturated rings. The van der Waals surface area contributed by atoms with E-state index in [0.29, 0.717) is 0 Å². The van der Waals surface area contributed by atoms with Crippen LogP contribution in [0.3, 0.4) is 0 Å². The van der Waals surface area contributed by atoms with Crippen LogP contribution in [-0.2, 0) is 0 Å². The van der Waals surface area contributed by atoms with Gasteiger partial charge in [-0.05, 0) is 46.7 Å². The van der Waals surface area contributed by atoms with E-state index in [1.165, 1.54) is 16.2 Å². The Balaban J connectivity index is 1.76. The van der Waals surface area contributed by atoms with Crippen LogP contribution in [0.25, 0.3) is 33.8 Å². The fraction of sp³-hybridized carbons (Fsp3) is 0. The van der Waals surface area contributed by atoms with Gasteiger partial charge >= 0.3 is 0 Å². The van der Waals surface area contributed by atoms with E-state index in [4.69, 9.17) is 11.6 Å². The Hall–Kier alpha value is -2.51. The van der Waals surface area contributed by atoms with Gasteiger partial charge in [-0.2, -0.15) is 0 Å². The molecular formula is C20H14ClN. The lowest BCUT2D eigenvalue weighted by molar-refractivity contribution is 1.43. The van der Waals surface area contributed by atoms with E-state index in [-0.39, 0.29) is 0 Å². The zero-order chi connectivity index (χ0) is 14.9. The average molecular weight is 304 g/mol. The molecule has 1 N–H and O–H groups in total. The van der Waals surface area contributed by atoms with Gasteiger partial charge in [0, 0.05) is 21.6 Å². The Morgan fingerprint density at radius 1 is 0.773 bits per heavy atom. The number of H-pyrrole nitrogens is 1. The minimum absolute atomic E-state index is 0.759. The van der Waals surface area contributed by atoms with Crippen molar-refractivity contribution in [3.05, 3.63) is 83.0 Å². The van der Waals surface area contributed by atoms with Crippen molar-refractivity contribution in [3.63, 3.8) is 0 Å². The number of hydrogen-bond donors (Lipinski definition) is 1. The number of aromatic amines is 1. The van der Waals surface area contributed by atoms with Crippen molar-refractivity contribution < 1.29 is 0 Å². The predicted molar refractivity (Wildman–Crippen MR) is 96.2 cm³/mol. The molecule has 0 aliphatic rings. The molecule has 0 amide bonds. The Morgan fingerprint density at radius 3 is 2.45 bits per heavy atom. The van der Waals surface area contributed by atoms with Crippen LogP contribution >= 0.6 is 11.6 Å². The molecule has 0 saturated heterocycles. The Kier molecular flexibility index (Phi) is 3.21. The monoisotopic (exact) mass is 303 g/mol. The molecule has 22 heavy (non-hydrogen) atoms. The molecule has 3 aromatic carbocycles. The van der Waals surface area contributed by atoms with Gasteiger partial charge in [0.2, 0.25) is 0 Å². The molecular weight excluding hydrogens is 290 g/mol. The van der Waals surface area contributed by atoms with Crippen LogP contribution in [0.4, 0.5) is 0 Å². The summed E-state index contributed by atoms with van der Waals surface area (Å²) in [4.78, 5) is 3.46. The highest BCUT2D eigenvalue weighted by Crippen LogP contribution is 2.26. The molecule has 1 nitrogen and oxygen atoms in total. The number of fused-ring (bicyclic) bond motifs is 3. The number of halogens is 1. The Labute approximate surface area is 133 Å². The fourth-order valence-electron chi connectivity index (χ4n) is 2.76. The van der Waals surface area contributed by atoms with Crippen molar-refractivity contribution >= 4 is 45.4 Å². The first kappa shape index (κ1) is 13.2. The first-order chi connectivity index (χ1) is 10.8. The van der Waals surface area contributed by atoms with E-state index in [2.05, 4.69) is 59.6 Å². The van der Waals surface area contributed by atoms with Crippen molar-refractivity contribution in [2.45, 2.75) is 0 Å². The third kappa shape index (κ3) is 2.40. The van der Waals surface area contributed by atoms with Crippen LogP contribution < -0.4 is 0 Å².